The summed E-state index contributed by atoms with van der Waals surface area (Å²) >= 11 is 3.63. The highest BCUT2D eigenvalue weighted by atomic mass is 32.1. The van der Waals surface area contributed by atoms with Gasteiger partial charge in [-0.05, 0) is 64.2 Å². The molecule has 6 aromatic carbocycles. The second-order valence-electron chi connectivity index (χ2n) is 9.98. The average molecular weight is 544 g/mol. The van der Waals surface area contributed by atoms with E-state index >= 15 is 0 Å². The lowest BCUT2D eigenvalue weighted by atomic mass is 9.85. The van der Waals surface area contributed by atoms with E-state index < -0.39 is 0 Å². The molecule has 2 aromatic heterocycles. The summed E-state index contributed by atoms with van der Waals surface area (Å²) in [4.78, 5) is 0. The number of fused-ring (bicyclic) bond motifs is 6. The predicted molar refractivity (Wildman–Crippen MR) is 173 cm³/mol. The highest BCUT2D eigenvalue weighted by Crippen LogP contribution is 2.47. The smallest absolute Gasteiger partial charge is 0.0998 e. The lowest BCUT2D eigenvalue weighted by molar-refractivity contribution is 1.48. The Bertz CT molecular complexity index is 2280. The highest BCUT2D eigenvalue weighted by Gasteiger charge is 2.20. The molecule has 186 valence electrons. The third-order valence-corrected chi connectivity index (χ3v) is 10.0. The summed E-state index contributed by atoms with van der Waals surface area (Å²) in [7, 11) is 0. The largest absolute Gasteiger partial charge is 0.192 e. The molecular formula is C37H21NS2. The van der Waals surface area contributed by atoms with Crippen LogP contribution in [0, 0.1) is 11.3 Å². The van der Waals surface area contributed by atoms with Crippen molar-refractivity contribution in [1.29, 1.82) is 5.26 Å². The maximum absolute atomic E-state index is 10.7. The molecule has 1 nitrogen and oxygen atoms in total. The van der Waals surface area contributed by atoms with Crippen LogP contribution in [0.5, 0.6) is 0 Å². The fraction of sp³-hybridized carbons (Fsp3) is 0. The van der Waals surface area contributed by atoms with Gasteiger partial charge in [-0.3, -0.25) is 0 Å². The molecule has 0 saturated carbocycles. The molecule has 0 amide bonds. The molecule has 0 spiro atoms. The molecule has 0 aliphatic carbocycles. The topological polar surface area (TPSA) is 23.8 Å². The minimum absolute atomic E-state index is 0.690. The molecule has 0 unspecified atom stereocenters. The molecule has 40 heavy (non-hydrogen) atoms. The zero-order chi connectivity index (χ0) is 26.6. The minimum Gasteiger partial charge on any atom is -0.192 e. The van der Waals surface area contributed by atoms with E-state index in [1.165, 1.54) is 40.3 Å². The summed E-state index contributed by atoms with van der Waals surface area (Å²) in [5.41, 5.74) is 7.20. The summed E-state index contributed by atoms with van der Waals surface area (Å²) < 4.78 is 5.04. The van der Waals surface area contributed by atoms with Gasteiger partial charge in [0.25, 0.3) is 0 Å². The van der Waals surface area contributed by atoms with Gasteiger partial charge in [-0.1, -0.05) is 91.0 Å². The third kappa shape index (κ3) is 3.51. The van der Waals surface area contributed by atoms with Crippen LogP contribution < -0.4 is 0 Å². The van der Waals surface area contributed by atoms with E-state index in [0.717, 1.165) is 33.4 Å². The van der Waals surface area contributed by atoms with E-state index in [1.807, 2.05) is 28.7 Å². The molecule has 3 heteroatoms. The lowest BCUT2D eigenvalue weighted by Crippen LogP contribution is -1.93. The number of nitrogens with zero attached hydrogens (tertiary/aromatic N) is 1. The van der Waals surface area contributed by atoms with Crippen molar-refractivity contribution >= 4 is 63.0 Å². The minimum atomic E-state index is 0.690. The van der Waals surface area contributed by atoms with Gasteiger partial charge in [0, 0.05) is 45.9 Å². The monoisotopic (exact) mass is 543 g/mol. The van der Waals surface area contributed by atoms with Crippen LogP contribution in [0.15, 0.2) is 127 Å². The molecule has 8 rings (SSSR count). The Kier molecular flexibility index (Phi) is 5.31. The highest BCUT2D eigenvalue weighted by molar-refractivity contribution is 7.26. The average Bonchev–Trinajstić information content (AvgIpc) is 3.59. The van der Waals surface area contributed by atoms with Gasteiger partial charge >= 0.3 is 0 Å². The van der Waals surface area contributed by atoms with Gasteiger partial charge in [0.15, 0.2) is 0 Å². The predicted octanol–water partition coefficient (Wildman–Crippen LogP) is 11.3. The lowest BCUT2D eigenvalue weighted by Gasteiger charge is -2.17. The van der Waals surface area contributed by atoms with Crippen molar-refractivity contribution in [3.8, 4) is 39.4 Å². The van der Waals surface area contributed by atoms with Crippen molar-refractivity contribution in [2.24, 2.45) is 0 Å². The first-order valence-corrected chi connectivity index (χ1v) is 14.9. The van der Waals surface area contributed by atoms with Gasteiger partial charge < -0.3 is 0 Å². The van der Waals surface area contributed by atoms with Crippen molar-refractivity contribution in [3.63, 3.8) is 0 Å². The molecule has 0 aliphatic heterocycles. The van der Waals surface area contributed by atoms with Crippen molar-refractivity contribution in [2.75, 3.05) is 0 Å². The first-order valence-electron chi connectivity index (χ1n) is 13.2. The van der Waals surface area contributed by atoms with Crippen molar-refractivity contribution in [2.45, 2.75) is 0 Å². The van der Waals surface area contributed by atoms with Crippen molar-refractivity contribution in [3.05, 3.63) is 133 Å². The maximum atomic E-state index is 10.7. The Labute approximate surface area is 239 Å². The van der Waals surface area contributed by atoms with Gasteiger partial charge in [-0.2, -0.15) is 5.26 Å². The normalized spacial score (nSPS) is 11.5. The Morgan fingerprint density at radius 1 is 0.450 bits per heavy atom. The summed E-state index contributed by atoms with van der Waals surface area (Å²) in [5.74, 6) is 0. The van der Waals surface area contributed by atoms with E-state index in [-0.39, 0.29) is 0 Å². The van der Waals surface area contributed by atoms with E-state index in [9.17, 15) is 5.26 Å². The Morgan fingerprint density at radius 2 is 1.00 bits per heavy atom. The van der Waals surface area contributed by atoms with Crippen LogP contribution in [0.4, 0.5) is 0 Å². The van der Waals surface area contributed by atoms with Gasteiger partial charge in [0.1, 0.15) is 0 Å². The maximum Gasteiger partial charge on any atom is 0.0998 e. The fourth-order valence-corrected chi connectivity index (χ4v) is 8.28. The molecule has 0 atom stereocenters. The standard InChI is InChI=1S/C37H21NS2/c38-22-25-20-24(26-14-8-18-33-36(26)27-12-4-6-16-31(27)39-33)21-30(23-10-2-1-3-11-23)35(25)29-15-9-19-34-37(29)28-13-5-7-17-32(28)40-34/h1-21H. The molecule has 0 bridgehead atoms. The van der Waals surface area contributed by atoms with Gasteiger partial charge in [0.05, 0.1) is 11.6 Å². The van der Waals surface area contributed by atoms with Crippen LogP contribution >= 0.6 is 22.7 Å². The quantitative estimate of drug-likeness (QED) is 0.217. The van der Waals surface area contributed by atoms with Crippen molar-refractivity contribution in [1.82, 2.24) is 0 Å². The third-order valence-electron chi connectivity index (χ3n) is 7.73. The molecule has 8 aromatic rings. The Balaban J connectivity index is 1.49. The molecule has 0 N–H and O–H groups in total. The number of nitriles is 1. The van der Waals surface area contributed by atoms with Crippen LogP contribution in [0.3, 0.4) is 0 Å². The van der Waals surface area contributed by atoms with Gasteiger partial charge in [-0.25, -0.2) is 0 Å². The SMILES string of the molecule is N#Cc1cc(-c2cccc3sc4ccccc4c23)cc(-c2ccccc2)c1-c1cccc2sc3ccccc3c12. The first kappa shape index (κ1) is 23.2. The zero-order valence-electron chi connectivity index (χ0n) is 21.4. The molecular weight excluding hydrogens is 523 g/mol. The zero-order valence-corrected chi connectivity index (χ0v) is 23.0. The summed E-state index contributed by atoms with van der Waals surface area (Å²) in [6.45, 7) is 0. The second-order valence-corrected chi connectivity index (χ2v) is 12.1. The fourth-order valence-electron chi connectivity index (χ4n) is 6.02. The van der Waals surface area contributed by atoms with Gasteiger partial charge in [-0.15, -0.1) is 22.7 Å². The number of rotatable bonds is 3. The van der Waals surface area contributed by atoms with E-state index in [1.54, 1.807) is 0 Å². The summed E-state index contributed by atoms with van der Waals surface area (Å²) in [6.07, 6.45) is 0. The molecule has 0 aliphatic rings. The van der Waals surface area contributed by atoms with Crippen LogP contribution in [-0.2, 0) is 0 Å². The van der Waals surface area contributed by atoms with E-state index in [0.29, 0.717) is 5.56 Å². The number of hydrogen-bond acceptors (Lipinski definition) is 3. The summed E-state index contributed by atoms with van der Waals surface area (Å²) in [6, 6.07) is 47.7. The van der Waals surface area contributed by atoms with Crippen molar-refractivity contribution < 1.29 is 0 Å². The molecule has 0 radical (unpaired) electrons. The molecule has 0 saturated heterocycles. The van der Waals surface area contributed by atoms with Crippen LogP contribution in [0.25, 0.3) is 73.7 Å². The number of hydrogen-bond donors (Lipinski definition) is 0. The van der Waals surface area contributed by atoms with E-state index in [4.69, 9.17) is 0 Å². The second kappa shape index (κ2) is 9.17. The number of thiophene rings is 2. The van der Waals surface area contributed by atoms with Gasteiger partial charge in [0.2, 0.25) is 0 Å². The summed E-state index contributed by atoms with van der Waals surface area (Å²) in [5, 5.41) is 15.6. The Morgan fingerprint density at radius 3 is 1.65 bits per heavy atom. The van der Waals surface area contributed by atoms with Crippen LogP contribution in [0.1, 0.15) is 5.56 Å². The molecule has 2 heterocycles. The first-order chi connectivity index (χ1) is 19.8. The number of benzene rings is 6. The Hall–Kier alpha value is -4.75. The molecule has 0 fully saturated rings. The van der Waals surface area contributed by atoms with Crippen LogP contribution in [0.2, 0.25) is 0 Å². The van der Waals surface area contributed by atoms with E-state index in [2.05, 4.69) is 127 Å². The van der Waals surface area contributed by atoms with Crippen LogP contribution in [-0.4, -0.2) is 0 Å².